The van der Waals surface area contributed by atoms with E-state index in [1.165, 1.54) is 26.2 Å². The molecule has 0 atom stereocenters. The molecule has 0 bridgehead atoms. The molecule has 0 aliphatic heterocycles. The van der Waals surface area contributed by atoms with Gasteiger partial charge in [0.25, 0.3) is 5.91 Å². The highest BCUT2D eigenvalue weighted by Gasteiger charge is 2.18. The molecule has 0 heterocycles. The van der Waals surface area contributed by atoms with Gasteiger partial charge in [0.05, 0.1) is 4.90 Å². The summed E-state index contributed by atoms with van der Waals surface area (Å²) in [5, 5.41) is 2.80. The zero-order valence-corrected chi connectivity index (χ0v) is 16.4. The summed E-state index contributed by atoms with van der Waals surface area (Å²) in [6.45, 7) is 6.01. The van der Waals surface area contributed by atoms with Crippen molar-refractivity contribution in [2.24, 2.45) is 0 Å². The Morgan fingerprint density at radius 3 is 2.15 bits per heavy atom. The maximum atomic E-state index is 12.5. The van der Waals surface area contributed by atoms with Crippen LogP contribution in [0.4, 0.5) is 11.4 Å². The summed E-state index contributed by atoms with van der Waals surface area (Å²) in [6.07, 6.45) is 0. The van der Waals surface area contributed by atoms with Gasteiger partial charge < -0.3 is 10.2 Å². The van der Waals surface area contributed by atoms with E-state index in [1.54, 1.807) is 12.1 Å². The molecule has 140 valence electrons. The molecule has 0 radical (unpaired) electrons. The van der Waals surface area contributed by atoms with E-state index >= 15 is 0 Å². The lowest BCUT2D eigenvalue weighted by Crippen LogP contribution is -2.23. The molecule has 0 fully saturated rings. The van der Waals surface area contributed by atoms with E-state index in [1.807, 2.05) is 24.3 Å². The Balaban J connectivity index is 2.18. The van der Waals surface area contributed by atoms with E-state index in [2.05, 4.69) is 24.1 Å². The average Bonchev–Trinajstić information content (AvgIpc) is 2.64. The first kappa shape index (κ1) is 19.9. The normalized spacial score (nSPS) is 11.4. The van der Waals surface area contributed by atoms with Gasteiger partial charge in [-0.1, -0.05) is 6.07 Å². The van der Waals surface area contributed by atoms with Gasteiger partial charge in [-0.25, -0.2) is 12.7 Å². The number of carbonyl (C=O) groups is 1. The smallest absolute Gasteiger partial charge is 0.255 e. The minimum absolute atomic E-state index is 0.0898. The zero-order chi connectivity index (χ0) is 19.3. The molecule has 26 heavy (non-hydrogen) atoms. The molecular formula is C19H25N3O3S. The van der Waals surface area contributed by atoms with Gasteiger partial charge in [0.1, 0.15) is 0 Å². The lowest BCUT2D eigenvalue weighted by molar-refractivity contribution is 0.102. The van der Waals surface area contributed by atoms with Crippen LogP contribution in [-0.4, -0.2) is 45.8 Å². The maximum absolute atomic E-state index is 12.5. The first-order chi connectivity index (χ1) is 12.3. The van der Waals surface area contributed by atoms with Crippen molar-refractivity contribution in [3.8, 4) is 0 Å². The van der Waals surface area contributed by atoms with E-state index in [0.29, 0.717) is 11.3 Å². The number of benzene rings is 2. The average molecular weight is 375 g/mol. The van der Waals surface area contributed by atoms with Crippen LogP contribution in [0, 0.1) is 0 Å². The predicted molar refractivity (Wildman–Crippen MR) is 105 cm³/mol. The van der Waals surface area contributed by atoms with Crippen LogP contribution in [0.2, 0.25) is 0 Å². The van der Waals surface area contributed by atoms with Crippen LogP contribution in [-0.2, 0) is 10.0 Å². The largest absolute Gasteiger partial charge is 0.372 e. The predicted octanol–water partition coefficient (Wildman–Crippen LogP) is 3.04. The number of hydrogen-bond acceptors (Lipinski definition) is 4. The first-order valence-corrected chi connectivity index (χ1v) is 9.92. The molecule has 7 heteroatoms. The molecule has 0 saturated heterocycles. The van der Waals surface area contributed by atoms with Crippen LogP contribution in [0.15, 0.2) is 53.4 Å². The summed E-state index contributed by atoms with van der Waals surface area (Å²) in [7, 11) is -0.663. The van der Waals surface area contributed by atoms with Gasteiger partial charge in [0.15, 0.2) is 0 Å². The highest BCUT2D eigenvalue weighted by molar-refractivity contribution is 7.89. The SMILES string of the molecule is CCN(CC)c1ccc(NC(=O)c2cccc(S(=O)(=O)N(C)C)c2)cc1. The highest BCUT2D eigenvalue weighted by Crippen LogP contribution is 2.19. The van der Waals surface area contributed by atoms with Gasteiger partial charge in [0.2, 0.25) is 10.0 Å². The number of rotatable bonds is 7. The van der Waals surface area contributed by atoms with Crippen molar-refractivity contribution in [2.75, 3.05) is 37.4 Å². The van der Waals surface area contributed by atoms with Crippen LogP contribution in [0.1, 0.15) is 24.2 Å². The third-order valence-electron chi connectivity index (χ3n) is 4.13. The Kier molecular flexibility index (Phi) is 6.39. The summed E-state index contributed by atoms with van der Waals surface area (Å²) in [5.74, 6) is -0.351. The zero-order valence-electron chi connectivity index (χ0n) is 15.6. The molecular weight excluding hydrogens is 350 g/mol. The monoisotopic (exact) mass is 375 g/mol. The van der Waals surface area contributed by atoms with Crippen LogP contribution in [0.5, 0.6) is 0 Å². The van der Waals surface area contributed by atoms with E-state index in [-0.39, 0.29) is 10.8 Å². The van der Waals surface area contributed by atoms with Crippen LogP contribution in [0.25, 0.3) is 0 Å². The molecule has 0 spiro atoms. The third-order valence-corrected chi connectivity index (χ3v) is 5.94. The molecule has 2 aromatic rings. The molecule has 0 aliphatic carbocycles. The fourth-order valence-electron chi connectivity index (χ4n) is 2.56. The minimum Gasteiger partial charge on any atom is -0.372 e. The van der Waals surface area contributed by atoms with Crippen molar-refractivity contribution in [2.45, 2.75) is 18.7 Å². The Hall–Kier alpha value is -2.38. The van der Waals surface area contributed by atoms with Gasteiger partial charge >= 0.3 is 0 Å². The maximum Gasteiger partial charge on any atom is 0.255 e. The van der Waals surface area contributed by atoms with Gasteiger partial charge in [-0.15, -0.1) is 0 Å². The summed E-state index contributed by atoms with van der Waals surface area (Å²) in [5.41, 5.74) is 2.04. The number of sulfonamides is 1. The molecule has 2 aromatic carbocycles. The van der Waals surface area contributed by atoms with E-state index in [4.69, 9.17) is 0 Å². The van der Waals surface area contributed by atoms with Crippen molar-refractivity contribution >= 4 is 27.3 Å². The summed E-state index contributed by atoms with van der Waals surface area (Å²) >= 11 is 0. The second kappa shape index (κ2) is 8.33. The molecule has 1 N–H and O–H groups in total. The molecule has 6 nitrogen and oxygen atoms in total. The summed E-state index contributed by atoms with van der Waals surface area (Å²) in [4.78, 5) is 14.8. The molecule has 2 rings (SSSR count). The molecule has 1 amide bonds. The van der Waals surface area contributed by atoms with E-state index < -0.39 is 10.0 Å². The van der Waals surface area contributed by atoms with Gasteiger partial charge in [-0.05, 0) is 56.3 Å². The first-order valence-electron chi connectivity index (χ1n) is 8.48. The van der Waals surface area contributed by atoms with Crippen LogP contribution >= 0.6 is 0 Å². The topological polar surface area (TPSA) is 69.7 Å². The Morgan fingerprint density at radius 1 is 1.00 bits per heavy atom. The van der Waals surface area contributed by atoms with Gasteiger partial charge in [0, 0.05) is 44.1 Å². The fraction of sp³-hybridized carbons (Fsp3) is 0.316. The second-order valence-corrected chi connectivity index (χ2v) is 8.14. The lowest BCUT2D eigenvalue weighted by atomic mass is 10.2. The second-order valence-electron chi connectivity index (χ2n) is 5.99. The fourth-order valence-corrected chi connectivity index (χ4v) is 3.50. The van der Waals surface area contributed by atoms with Crippen molar-refractivity contribution in [3.05, 3.63) is 54.1 Å². The molecule has 0 aromatic heterocycles. The van der Waals surface area contributed by atoms with Gasteiger partial charge in [-0.3, -0.25) is 4.79 Å². The van der Waals surface area contributed by atoms with E-state index in [0.717, 1.165) is 23.1 Å². The minimum atomic E-state index is -3.58. The lowest BCUT2D eigenvalue weighted by Gasteiger charge is -2.21. The van der Waals surface area contributed by atoms with Crippen LogP contribution < -0.4 is 10.2 Å². The van der Waals surface area contributed by atoms with Crippen molar-refractivity contribution in [1.29, 1.82) is 0 Å². The number of anilines is 2. The number of hydrogen-bond donors (Lipinski definition) is 1. The molecule has 0 saturated carbocycles. The Bertz CT molecular complexity index is 858. The van der Waals surface area contributed by atoms with Crippen LogP contribution in [0.3, 0.4) is 0 Å². The highest BCUT2D eigenvalue weighted by atomic mass is 32.2. The van der Waals surface area contributed by atoms with Crippen molar-refractivity contribution in [1.82, 2.24) is 4.31 Å². The third kappa shape index (κ3) is 4.42. The van der Waals surface area contributed by atoms with Crippen molar-refractivity contribution < 1.29 is 13.2 Å². The Labute approximate surface area is 155 Å². The van der Waals surface area contributed by atoms with Gasteiger partial charge in [-0.2, -0.15) is 0 Å². The standard InChI is InChI=1S/C19H25N3O3S/c1-5-22(6-2)17-12-10-16(11-13-17)20-19(23)15-8-7-9-18(14-15)26(24,25)21(3)4/h7-14H,5-6H2,1-4H3,(H,20,23). The molecule has 0 aliphatic rings. The summed E-state index contributed by atoms with van der Waals surface area (Å²) in [6, 6.07) is 13.6. The summed E-state index contributed by atoms with van der Waals surface area (Å²) < 4.78 is 25.5. The molecule has 0 unspecified atom stereocenters. The van der Waals surface area contributed by atoms with E-state index in [9.17, 15) is 13.2 Å². The number of nitrogens with zero attached hydrogens (tertiary/aromatic N) is 2. The number of amides is 1. The Morgan fingerprint density at radius 2 is 1.62 bits per heavy atom. The number of carbonyl (C=O) groups excluding carboxylic acids is 1. The van der Waals surface area contributed by atoms with Crippen molar-refractivity contribution in [3.63, 3.8) is 0 Å². The number of nitrogens with one attached hydrogen (secondary N) is 1. The quantitative estimate of drug-likeness (QED) is 0.808.